The minimum atomic E-state index is -4.61. The smallest absolute Gasteiger partial charge is 0.756 e. The van der Waals surface area contributed by atoms with Gasteiger partial charge in [-0.2, -0.15) is 29.8 Å². The molecule has 0 amide bonds. The average molecular weight is 239 g/mol. The van der Waals surface area contributed by atoms with Crippen molar-refractivity contribution < 1.29 is 70.3 Å². The average Bonchev–Trinajstić information content (AvgIpc) is 2.00. The third-order valence-electron chi connectivity index (χ3n) is 1.39. The molecule has 0 aliphatic heterocycles. The van der Waals surface area contributed by atoms with Crippen LogP contribution in [0.15, 0.2) is 18.2 Å². The number of aryl methyl sites for hydroxylation is 1. The summed E-state index contributed by atoms with van der Waals surface area (Å²) in [4.78, 5) is 18.6. The van der Waals surface area contributed by atoms with Crippen LogP contribution in [0.25, 0.3) is 0 Å². The van der Waals surface area contributed by atoms with E-state index in [9.17, 15) is 9.46 Å². The molecule has 1 atom stereocenters. The van der Waals surface area contributed by atoms with Crippen molar-refractivity contribution in [3.8, 4) is 0 Å². The third kappa shape index (κ3) is 6.45. The van der Waals surface area contributed by atoms with Gasteiger partial charge < -0.3 is 14.3 Å². The second-order valence-corrected chi connectivity index (χ2v) is 3.86. The first-order chi connectivity index (χ1) is 5.97. The molecule has 1 aromatic rings. The van der Waals surface area contributed by atoms with E-state index in [2.05, 4.69) is 10.6 Å². The Morgan fingerprint density at radius 2 is 2.29 bits per heavy atom. The van der Waals surface area contributed by atoms with Crippen molar-refractivity contribution in [2.45, 2.75) is 13.5 Å². The minimum Gasteiger partial charge on any atom is -0.756 e. The maximum atomic E-state index is 10.2. The van der Waals surface area contributed by atoms with E-state index in [-0.39, 0.29) is 58.0 Å². The normalized spacial score (nSPS) is 14.2. The molecule has 6 heteroatoms. The fraction of sp³-hybridized carbons (Fsp3) is 0.250. The summed E-state index contributed by atoms with van der Waals surface area (Å²) in [7, 11) is -4.61. The van der Waals surface area contributed by atoms with Crippen LogP contribution in [0.1, 0.15) is 11.1 Å². The molecule has 0 saturated heterocycles. The number of hydrogen-bond donors (Lipinski definition) is 1. The molecule has 0 heterocycles. The van der Waals surface area contributed by atoms with Gasteiger partial charge >= 0.3 is 51.4 Å². The Morgan fingerprint density at radius 3 is 2.79 bits per heavy atom. The van der Waals surface area contributed by atoms with E-state index in [1.54, 1.807) is 18.2 Å². The number of phosphoric ester groups is 1. The summed E-state index contributed by atoms with van der Waals surface area (Å²) < 4.78 is 14.4. The Labute approximate surface area is 125 Å². The predicted molar refractivity (Wildman–Crippen MR) is 44.6 cm³/mol. The van der Waals surface area contributed by atoms with Gasteiger partial charge in [0.1, 0.15) is 0 Å². The van der Waals surface area contributed by atoms with Gasteiger partial charge in [0.15, 0.2) is 0 Å². The summed E-state index contributed by atoms with van der Waals surface area (Å²) in [5, 5.41) is 0. The van der Waals surface area contributed by atoms with Crippen LogP contribution in [0, 0.1) is 13.0 Å². The van der Waals surface area contributed by atoms with Gasteiger partial charge in [0.25, 0.3) is 7.82 Å². The molecule has 1 rings (SSSR count). The molecule has 0 spiro atoms. The molecular weight excluding hydrogens is 230 g/mol. The molecular formula is C8H9KO4P-. The topological polar surface area (TPSA) is 69.6 Å². The molecule has 0 aliphatic carbocycles. The standard InChI is InChI=1S/C8H10O4P.K/c1-7-3-2-4-8(5-7)6-12-13(9,10)11;/h3-5H,6H2,1H3,(H2,9,10,11);/q-1;+1/p-1. The van der Waals surface area contributed by atoms with Crippen molar-refractivity contribution >= 4 is 7.82 Å². The number of phosphoric acid groups is 1. The SMILES string of the molecule is Cc1c[c-]cc(COP(=O)([O-])O)c1.[K+]. The van der Waals surface area contributed by atoms with E-state index in [0.717, 1.165) is 5.56 Å². The molecule has 1 unspecified atom stereocenters. The van der Waals surface area contributed by atoms with Crippen LogP contribution >= 0.6 is 7.82 Å². The van der Waals surface area contributed by atoms with Gasteiger partial charge in [0.05, 0.1) is 0 Å². The third-order valence-corrected chi connectivity index (χ3v) is 1.84. The van der Waals surface area contributed by atoms with E-state index in [0.29, 0.717) is 5.56 Å². The van der Waals surface area contributed by atoms with Crippen LogP contribution < -0.4 is 56.3 Å². The Morgan fingerprint density at radius 1 is 1.64 bits per heavy atom. The first kappa shape index (κ1) is 15.0. The number of hydrogen-bond acceptors (Lipinski definition) is 3. The van der Waals surface area contributed by atoms with Gasteiger partial charge in [0, 0.05) is 6.61 Å². The zero-order valence-corrected chi connectivity index (χ0v) is 12.1. The Kier molecular flexibility index (Phi) is 6.98. The molecule has 72 valence electrons. The molecule has 4 nitrogen and oxygen atoms in total. The molecule has 1 N–H and O–H groups in total. The molecule has 0 bridgehead atoms. The van der Waals surface area contributed by atoms with Crippen LogP contribution in [-0.4, -0.2) is 4.89 Å². The summed E-state index contributed by atoms with van der Waals surface area (Å²) in [6, 6.07) is 7.93. The maximum Gasteiger partial charge on any atom is 1.00 e. The molecule has 0 radical (unpaired) electrons. The summed E-state index contributed by atoms with van der Waals surface area (Å²) in [6.07, 6.45) is 0. The molecule has 0 aliphatic rings. The van der Waals surface area contributed by atoms with Gasteiger partial charge in [-0.05, 0) is 0 Å². The zero-order chi connectivity index (χ0) is 9.90. The fourth-order valence-corrected chi connectivity index (χ4v) is 1.21. The van der Waals surface area contributed by atoms with E-state index in [1.807, 2.05) is 6.92 Å². The second-order valence-electron chi connectivity index (χ2n) is 2.66. The van der Waals surface area contributed by atoms with Crippen LogP contribution in [-0.2, 0) is 15.7 Å². The Balaban J connectivity index is 0.00000169. The minimum absolute atomic E-state index is 0. The first-order valence-electron chi connectivity index (χ1n) is 3.62. The van der Waals surface area contributed by atoms with Crippen molar-refractivity contribution in [1.82, 2.24) is 0 Å². The van der Waals surface area contributed by atoms with E-state index in [1.165, 1.54) is 0 Å². The quantitative estimate of drug-likeness (QED) is 0.368. The van der Waals surface area contributed by atoms with Gasteiger partial charge in [-0.15, -0.1) is 5.56 Å². The summed E-state index contributed by atoms with van der Waals surface area (Å²) in [5.74, 6) is 0. The van der Waals surface area contributed by atoms with Crippen LogP contribution in [0.2, 0.25) is 0 Å². The summed E-state index contributed by atoms with van der Waals surface area (Å²) in [6.45, 7) is 1.70. The van der Waals surface area contributed by atoms with Crippen LogP contribution in [0.3, 0.4) is 0 Å². The predicted octanol–water partition coefficient (Wildman–Crippen LogP) is -2.22. The second kappa shape index (κ2) is 6.53. The van der Waals surface area contributed by atoms with Crippen molar-refractivity contribution in [3.63, 3.8) is 0 Å². The summed E-state index contributed by atoms with van der Waals surface area (Å²) >= 11 is 0. The number of rotatable bonds is 3. The summed E-state index contributed by atoms with van der Waals surface area (Å²) in [5.41, 5.74) is 1.62. The van der Waals surface area contributed by atoms with Gasteiger partial charge in [-0.1, -0.05) is 6.92 Å². The Bertz CT molecular complexity index is 336. The van der Waals surface area contributed by atoms with Gasteiger partial charge in [0.2, 0.25) is 0 Å². The molecule has 1 aromatic carbocycles. The van der Waals surface area contributed by atoms with Gasteiger partial charge in [-0.25, -0.2) is 0 Å². The van der Waals surface area contributed by atoms with Crippen molar-refractivity contribution in [1.29, 1.82) is 0 Å². The first-order valence-corrected chi connectivity index (χ1v) is 5.12. The van der Waals surface area contributed by atoms with E-state index in [4.69, 9.17) is 4.89 Å². The van der Waals surface area contributed by atoms with E-state index < -0.39 is 7.82 Å². The molecule has 14 heavy (non-hydrogen) atoms. The van der Waals surface area contributed by atoms with Crippen LogP contribution in [0.5, 0.6) is 0 Å². The monoisotopic (exact) mass is 239 g/mol. The fourth-order valence-electron chi connectivity index (χ4n) is 0.895. The molecule has 0 fully saturated rings. The van der Waals surface area contributed by atoms with Crippen LogP contribution in [0.4, 0.5) is 0 Å². The molecule has 0 saturated carbocycles. The van der Waals surface area contributed by atoms with E-state index >= 15 is 0 Å². The molecule has 0 aromatic heterocycles. The van der Waals surface area contributed by atoms with Crippen molar-refractivity contribution in [2.24, 2.45) is 0 Å². The maximum absolute atomic E-state index is 10.2. The largest absolute Gasteiger partial charge is 1.00 e. The zero-order valence-electron chi connectivity index (χ0n) is 8.06. The number of benzene rings is 1. The van der Waals surface area contributed by atoms with Crippen molar-refractivity contribution in [3.05, 3.63) is 35.4 Å². The Hall–Kier alpha value is 0.966. The van der Waals surface area contributed by atoms with Crippen molar-refractivity contribution in [2.75, 3.05) is 0 Å². The van der Waals surface area contributed by atoms with Gasteiger partial charge in [-0.3, -0.25) is 4.57 Å².